The molecule has 1 amide bonds. The molecule has 4 nitrogen and oxygen atoms in total. The Kier molecular flexibility index (Phi) is 5.82. The zero-order chi connectivity index (χ0) is 13.6. The predicted octanol–water partition coefficient (Wildman–Crippen LogP) is 1.47. The maximum absolute atomic E-state index is 12.1. The summed E-state index contributed by atoms with van der Waals surface area (Å²) in [5, 5.41) is 6.23. The minimum atomic E-state index is -0.0904. The third-order valence-corrected chi connectivity index (χ3v) is 3.28. The first-order valence-electron chi connectivity index (χ1n) is 6.67. The van der Waals surface area contributed by atoms with Crippen molar-refractivity contribution in [1.82, 2.24) is 10.6 Å². The summed E-state index contributed by atoms with van der Waals surface area (Å²) >= 11 is 0. The molecule has 1 fully saturated rings. The number of amides is 1. The van der Waals surface area contributed by atoms with E-state index in [0.29, 0.717) is 19.8 Å². The van der Waals surface area contributed by atoms with Gasteiger partial charge in [0.2, 0.25) is 5.91 Å². The van der Waals surface area contributed by atoms with Crippen molar-refractivity contribution >= 4 is 5.91 Å². The molecule has 0 spiro atoms. The van der Waals surface area contributed by atoms with Crippen molar-refractivity contribution < 1.29 is 9.53 Å². The Morgan fingerprint density at radius 3 is 2.89 bits per heavy atom. The van der Waals surface area contributed by atoms with Gasteiger partial charge in [-0.2, -0.15) is 0 Å². The summed E-state index contributed by atoms with van der Waals surface area (Å²) in [6.07, 6.45) is 2.22. The molecule has 104 valence electrons. The molecule has 4 heteroatoms. The van der Waals surface area contributed by atoms with E-state index in [9.17, 15) is 4.79 Å². The van der Waals surface area contributed by atoms with Crippen LogP contribution in [-0.2, 0) is 9.53 Å². The molecule has 0 aromatic carbocycles. The third-order valence-electron chi connectivity index (χ3n) is 3.28. The number of ether oxygens (including phenoxy) is 1. The van der Waals surface area contributed by atoms with E-state index in [1.54, 1.807) is 0 Å². The van der Waals surface area contributed by atoms with E-state index in [1.807, 2.05) is 6.92 Å². The smallest absolute Gasteiger partial charge is 0.237 e. The molecule has 1 rings (SSSR count). The first-order valence-corrected chi connectivity index (χ1v) is 6.67. The van der Waals surface area contributed by atoms with Crippen LogP contribution < -0.4 is 10.6 Å². The molecule has 2 N–H and O–H groups in total. The van der Waals surface area contributed by atoms with Gasteiger partial charge in [0.15, 0.2) is 0 Å². The van der Waals surface area contributed by atoms with E-state index in [1.165, 1.54) is 0 Å². The second-order valence-electron chi connectivity index (χ2n) is 5.78. The maximum Gasteiger partial charge on any atom is 0.237 e. The minimum absolute atomic E-state index is 0.0287. The second kappa shape index (κ2) is 6.90. The fourth-order valence-electron chi connectivity index (χ4n) is 2.25. The summed E-state index contributed by atoms with van der Waals surface area (Å²) < 4.78 is 5.35. The van der Waals surface area contributed by atoms with Crippen molar-refractivity contribution in [2.75, 3.05) is 26.3 Å². The first-order chi connectivity index (χ1) is 8.43. The van der Waals surface area contributed by atoms with Gasteiger partial charge in [0.05, 0.1) is 19.3 Å². The van der Waals surface area contributed by atoms with Crippen molar-refractivity contribution in [1.29, 1.82) is 0 Å². The Balaban J connectivity index is 2.25. The van der Waals surface area contributed by atoms with Crippen LogP contribution in [0.25, 0.3) is 0 Å². The Bertz CT molecular complexity index is 300. The topological polar surface area (TPSA) is 50.4 Å². The van der Waals surface area contributed by atoms with Gasteiger partial charge in [-0.1, -0.05) is 26.0 Å². The Hall–Kier alpha value is -0.870. The molecule has 0 aromatic rings. The summed E-state index contributed by atoms with van der Waals surface area (Å²) in [4.78, 5) is 12.1. The predicted molar refractivity (Wildman–Crippen MR) is 73.4 cm³/mol. The van der Waals surface area contributed by atoms with E-state index in [0.717, 1.165) is 25.0 Å². The Morgan fingerprint density at radius 2 is 2.28 bits per heavy atom. The van der Waals surface area contributed by atoms with Gasteiger partial charge in [-0.05, 0) is 31.7 Å². The summed E-state index contributed by atoms with van der Waals surface area (Å²) in [6.45, 7) is 12.5. The van der Waals surface area contributed by atoms with Crippen molar-refractivity contribution in [2.45, 2.75) is 39.7 Å². The molecule has 0 bridgehead atoms. The number of carbonyl (C=O) groups is 1. The molecule has 1 saturated heterocycles. The number of rotatable bonds is 6. The van der Waals surface area contributed by atoms with Crippen LogP contribution in [0.1, 0.15) is 33.6 Å². The Labute approximate surface area is 110 Å². The standard InChI is InChI=1S/C14H26N2O2/c1-11(2)10-18-9-8-16-13(17)12-14(3,4)6-5-7-15-12/h12,15H,1,5-10H2,2-4H3,(H,16,17). The largest absolute Gasteiger partial charge is 0.375 e. The normalized spacial score (nSPS) is 22.5. The molecule has 1 aliphatic heterocycles. The number of carbonyl (C=O) groups excluding carboxylic acids is 1. The van der Waals surface area contributed by atoms with Crippen molar-refractivity contribution in [3.63, 3.8) is 0 Å². The average molecular weight is 254 g/mol. The molecule has 0 radical (unpaired) electrons. The molecule has 0 aliphatic carbocycles. The van der Waals surface area contributed by atoms with E-state index < -0.39 is 0 Å². The molecule has 1 unspecified atom stereocenters. The van der Waals surface area contributed by atoms with E-state index in [4.69, 9.17) is 4.74 Å². The average Bonchev–Trinajstić information content (AvgIpc) is 2.27. The molecular formula is C14H26N2O2. The summed E-state index contributed by atoms with van der Waals surface area (Å²) in [6, 6.07) is -0.0904. The summed E-state index contributed by atoms with van der Waals surface area (Å²) in [7, 11) is 0. The van der Waals surface area contributed by atoms with E-state index in [-0.39, 0.29) is 17.4 Å². The molecule has 1 heterocycles. The zero-order valence-electron chi connectivity index (χ0n) is 11.8. The van der Waals surface area contributed by atoms with Gasteiger partial charge in [-0.15, -0.1) is 0 Å². The molecular weight excluding hydrogens is 228 g/mol. The lowest BCUT2D eigenvalue weighted by atomic mass is 9.77. The van der Waals surface area contributed by atoms with Crippen LogP contribution in [-0.4, -0.2) is 38.3 Å². The quantitative estimate of drug-likeness (QED) is 0.557. The van der Waals surface area contributed by atoms with Crippen molar-refractivity contribution in [3.05, 3.63) is 12.2 Å². The summed E-state index contributed by atoms with van der Waals surface area (Å²) in [5.41, 5.74) is 1.03. The van der Waals surface area contributed by atoms with Gasteiger partial charge in [0.1, 0.15) is 0 Å². The van der Waals surface area contributed by atoms with Crippen LogP contribution in [0.3, 0.4) is 0 Å². The monoisotopic (exact) mass is 254 g/mol. The van der Waals surface area contributed by atoms with Gasteiger partial charge in [-0.25, -0.2) is 0 Å². The van der Waals surface area contributed by atoms with Gasteiger partial charge < -0.3 is 15.4 Å². The fraction of sp³-hybridized carbons (Fsp3) is 0.786. The third kappa shape index (κ3) is 4.78. The van der Waals surface area contributed by atoms with Crippen LogP contribution in [0.15, 0.2) is 12.2 Å². The van der Waals surface area contributed by atoms with E-state index >= 15 is 0 Å². The van der Waals surface area contributed by atoms with Gasteiger partial charge >= 0.3 is 0 Å². The summed E-state index contributed by atoms with van der Waals surface area (Å²) in [5.74, 6) is 0.0821. The molecule has 0 saturated carbocycles. The van der Waals surface area contributed by atoms with Gasteiger partial charge in [0.25, 0.3) is 0 Å². The molecule has 1 aliphatic rings. The molecule has 1 atom stereocenters. The lowest BCUT2D eigenvalue weighted by Gasteiger charge is -2.38. The highest BCUT2D eigenvalue weighted by atomic mass is 16.5. The number of hydrogen-bond acceptors (Lipinski definition) is 3. The van der Waals surface area contributed by atoms with E-state index in [2.05, 4.69) is 31.1 Å². The van der Waals surface area contributed by atoms with Crippen LogP contribution >= 0.6 is 0 Å². The van der Waals surface area contributed by atoms with Crippen molar-refractivity contribution in [3.8, 4) is 0 Å². The lowest BCUT2D eigenvalue weighted by Crippen LogP contribution is -2.55. The minimum Gasteiger partial charge on any atom is -0.375 e. The van der Waals surface area contributed by atoms with Gasteiger partial charge in [-0.3, -0.25) is 4.79 Å². The van der Waals surface area contributed by atoms with Crippen LogP contribution in [0.5, 0.6) is 0 Å². The highest BCUT2D eigenvalue weighted by Gasteiger charge is 2.36. The number of piperidine rings is 1. The van der Waals surface area contributed by atoms with Crippen LogP contribution in [0, 0.1) is 5.41 Å². The number of nitrogens with one attached hydrogen (secondary N) is 2. The van der Waals surface area contributed by atoms with Crippen LogP contribution in [0.2, 0.25) is 0 Å². The highest BCUT2D eigenvalue weighted by Crippen LogP contribution is 2.29. The lowest BCUT2D eigenvalue weighted by molar-refractivity contribution is -0.127. The van der Waals surface area contributed by atoms with Gasteiger partial charge in [0, 0.05) is 6.54 Å². The number of hydrogen-bond donors (Lipinski definition) is 2. The molecule has 18 heavy (non-hydrogen) atoms. The zero-order valence-corrected chi connectivity index (χ0v) is 11.8. The first kappa shape index (κ1) is 15.2. The Morgan fingerprint density at radius 1 is 1.56 bits per heavy atom. The van der Waals surface area contributed by atoms with Crippen molar-refractivity contribution in [2.24, 2.45) is 5.41 Å². The molecule has 0 aromatic heterocycles. The maximum atomic E-state index is 12.1. The fourth-order valence-corrected chi connectivity index (χ4v) is 2.25. The highest BCUT2D eigenvalue weighted by molar-refractivity contribution is 5.82. The van der Waals surface area contributed by atoms with Crippen LogP contribution in [0.4, 0.5) is 0 Å². The SMILES string of the molecule is C=C(C)COCCNC(=O)C1NCCCC1(C)C. The second-order valence-corrected chi connectivity index (χ2v) is 5.78.